The molecule has 0 aliphatic heterocycles. The van der Waals surface area contributed by atoms with Crippen LogP contribution in [-0.2, 0) is 0 Å². The van der Waals surface area contributed by atoms with E-state index < -0.39 is 11.8 Å². The Balaban J connectivity index is 1.66. The molecule has 2 amide bonds. The lowest BCUT2D eigenvalue weighted by Gasteiger charge is -2.16. The molecule has 35 heavy (non-hydrogen) atoms. The second kappa shape index (κ2) is 10.6. The molecule has 12 heteroatoms. The maximum absolute atomic E-state index is 13.4. The van der Waals surface area contributed by atoms with Crippen LogP contribution in [0.3, 0.4) is 0 Å². The molecule has 0 spiro atoms. The first-order valence-electron chi connectivity index (χ1n) is 10.5. The molecule has 0 unspecified atom stereocenters. The number of nitrogens with zero attached hydrogens (tertiary/aromatic N) is 4. The number of aromatic nitrogens is 4. The molecule has 0 saturated heterocycles. The zero-order valence-electron chi connectivity index (χ0n) is 18.7. The molecular weight excluding hydrogens is 488 g/mol. The highest BCUT2D eigenvalue weighted by Gasteiger charge is 2.22. The number of hydrazine groups is 1. The van der Waals surface area contributed by atoms with E-state index in [2.05, 4.69) is 31.2 Å². The van der Waals surface area contributed by atoms with E-state index in [1.54, 1.807) is 75.9 Å². The van der Waals surface area contributed by atoms with Crippen molar-refractivity contribution in [1.29, 1.82) is 0 Å². The number of hydrogen-bond acceptors (Lipinski definition) is 6. The molecule has 3 aromatic heterocycles. The Hall–Kier alpha value is -3.89. The number of amides is 2. The Labute approximate surface area is 212 Å². The number of benzene rings is 1. The average molecular weight is 507 g/mol. The van der Waals surface area contributed by atoms with Crippen LogP contribution in [0, 0.1) is 6.92 Å². The SMILES string of the molecule is C[B]c1cc(C(=O)Nc2c(C)cc(Cl)cc2C(=O)NNc2ccccn2)n(-c2ncccc2Cl)n1. The van der Waals surface area contributed by atoms with Gasteiger partial charge in [-0.25, -0.2) is 14.6 Å². The fraction of sp³-hybridized carbons (Fsp3) is 0.0870. The van der Waals surface area contributed by atoms with Gasteiger partial charge in [-0.15, -0.1) is 0 Å². The fourth-order valence-corrected chi connectivity index (χ4v) is 3.76. The molecule has 0 bridgehead atoms. The maximum Gasteiger partial charge on any atom is 0.274 e. The largest absolute Gasteiger partial charge is 0.320 e. The van der Waals surface area contributed by atoms with Crippen molar-refractivity contribution in [2.45, 2.75) is 13.7 Å². The van der Waals surface area contributed by atoms with E-state index in [-0.39, 0.29) is 11.3 Å². The summed E-state index contributed by atoms with van der Waals surface area (Å²) in [5.41, 5.74) is 7.10. The monoisotopic (exact) mass is 506 g/mol. The fourth-order valence-electron chi connectivity index (χ4n) is 3.29. The van der Waals surface area contributed by atoms with E-state index in [0.29, 0.717) is 38.5 Å². The minimum atomic E-state index is -0.514. The lowest BCUT2D eigenvalue weighted by molar-refractivity contribution is 0.0963. The molecule has 0 aliphatic carbocycles. The summed E-state index contributed by atoms with van der Waals surface area (Å²) in [6, 6.07) is 13.3. The summed E-state index contributed by atoms with van der Waals surface area (Å²) in [5, 5.41) is 7.91. The van der Waals surface area contributed by atoms with Crippen molar-refractivity contribution in [2.75, 3.05) is 10.7 Å². The predicted molar refractivity (Wildman–Crippen MR) is 137 cm³/mol. The van der Waals surface area contributed by atoms with Gasteiger partial charge < -0.3 is 5.32 Å². The molecule has 9 nitrogen and oxygen atoms in total. The number of carbonyl (C=O) groups excluding carboxylic acids is 2. The van der Waals surface area contributed by atoms with Gasteiger partial charge in [-0.2, -0.15) is 5.10 Å². The molecule has 4 aromatic rings. The first-order chi connectivity index (χ1) is 16.9. The minimum Gasteiger partial charge on any atom is -0.320 e. The van der Waals surface area contributed by atoms with Gasteiger partial charge in [0.1, 0.15) is 11.5 Å². The average Bonchev–Trinajstić information content (AvgIpc) is 3.29. The predicted octanol–water partition coefficient (Wildman–Crippen LogP) is 3.66. The smallest absolute Gasteiger partial charge is 0.274 e. The van der Waals surface area contributed by atoms with Gasteiger partial charge in [-0.3, -0.25) is 20.4 Å². The van der Waals surface area contributed by atoms with Gasteiger partial charge in [0, 0.05) is 23.0 Å². The Kier molecular flexibility index (Phi) is 7.33. The molecule has 1 aromatic carbocycles. The third-order valence-corrected chi connectivity index (χ3v) is 5.46. The van der Waals surface area contributed by atoms with Crippen LogP contribution in [0.2, 0.25) is 16.9 Å². The van der Waals surface area contributed by atoms with Gasteiger partial charge in [-0.05, 0) is 55.0 Å². The van der Waals surface area contributed by atoms with E-state index in [9.17, 15) is 9.59 Å². The Morgan fingerprint density at radius 3 is 2.51 bits per heavy atom. The van der Waals surface area contributed by atoms with Crippen LogP contribution < -0.4 is 21.8 Å². The number of hydrogen-bond donors (Lipinski definition) is 3. The molecule has 0 fully saturated rings. The first kappa shape index (κ1) is 24.2. The van der Waals surface area contributed by atoms with E-state index in [1.807, 2.05) is 0 Å². The van der Waals surface area contributed by atoms with E-state index in [1.165, 1.54) is 10.7 Å². The van der Waals surface area contributed by atoms with E-state index >= 15 is 0 Å². The molecule has 1 radical (unpaired) electrons. The standard InChI is InChI=1S/C23H19BCl2N7O2/c1-13-10-14(25)11-15(22(34)31-30-19-7-3-4-8-27-19)20(13)29-23(35)17-12-18(24-2)32-33(17)21-16(26)6-5-9-28-21/h3-12H,1-2H3,(H,27,30)(H,29,35)(H,31,34). The van der Waals surface area contributed by atoms with Crippen LogP contribution in [0.15, 0.2) is 60.9 Å². The highest BCUT2D eigenvalue weighted by molar-refractivity contribution is 6.51. The summed E-state index contributed by atoms with van der Waals surface area (Å²) < 4.78 is 1.36. The van der Waals surface area contributed by atoms with Crippen LogP contribution in [-0.4, -0.2) is 38.8 Å². The van der Waals surface area contributed by atoms with Crippen molar-refractivity contribution in [2.24, 2.45) is 0 Å². The molecular formula is C23H19BCl2N7O2. The van der Waals surface area contributed by atoms with Crippen LogP contribution in [0.25, 0.3) is 5.82 Å². The van der Waals surface area contributed by atoms with Crippen molar-refractivity contribution in [3.63, 3.8) is 0 Å². The van der Waals surface area contributed by atoms with Gasteiger partial charge in [0.05, 0.1) is 16.3 Å². The maximum atomic E-state index is 13.4. The van der Waals surface area contributed by atoms with E-state index in [0.717, 1.165) is 0 Å². The summed E-state index contributed by atoms with van der Waals surface area (Å²) in [4.78, 5) is 34.7. The number of aryl methyl sites for hydroxylation is 1. The summed E-state index contributed by atoms with van der Waals surface area (Å²) in [6.45, 7) is 3.54. The molecule has 3 N–H and O–H groups in total. The molecule has 0 atom stereocenters. The highest BCUT2D eigenvalue weighted by Crippen LogP contribution is 2.27. The van der Waals surface area contributed by atoms with Crippen molar-refractivity contribution >= 4 is 59.4 Å². The van der Waals surface area contributed by atoms with Gasteiger partial charge in [0.2, 0.25) is 0 Å². The molecule has 4 rings (SSSR count). The lowest BCUT2D eigenvalue weighted by atomic mass is 9.78. The van der Waals surface area contributed by atoms with Crippen LogP contribution >= 0.6 is 23.2 Å². The summed E-state index contributed by atoms with van der Waals surface area (Å²) >= 11 is 12.5. The van der Waals surface area contributed by atoms with Gasteiger partial charge >= 0.3 is 0 Å². The zero-order chi connectivity index (χ0) is 24.9. The number of rotatable bonds is 7. The summed E-state index contributed by atoms with van der Waals surface area (Å²) in [5.74, 6) is -0.271. The van der Waals surface area contributed by atoms with Crippen LogP contribution in [0.4, 0.5) is 11.5 Å². The highest BCUT2D eigenvalue weighted by atomic mass is 35.5. The molecule has 175 valence electrons. The number of nitrogens with one attached hydrogen (secondary N) is 3. The normalized spacial score (nSPS) is 10.5. The molecule has 0 saturated carbocycles. The van der Waals surface area contributed by atoms with Gasteiger partial charge in [0.15, 0.2) is 13.1 Å². The second-order valence-electron chi connectivity index (χ2n) is 7.36. The number of pyridine rings is 2. The van der Waals surface area contributed by atoms with Gasteiger partial charge in [0.25, 0.3) is 11.8 Å². The Bertz CT molecular complexity index is 1400. The summed E-state index contributed by atoms with van der Waals surface area (Å²) in [6.07, 6.45) is 3.14. The zero-order valence-corrected chi connectivity index (χ0v) is 20.2. The summed E-state index contributed by atoms with van der Waals surface area (Å²) in [7, 11) is 1.75. The van der Waals surface area contributed by atoms with Crippen LogP contribution in [0.5, 0.6) is 0 Å². The lowest BCUT2D eigenvalue weighted by Crippen LogP contribution is -2.31. The second-order valence-corrected chi connectivity index (χ2v) is 8.20. The molecule has 0 aliphatic rings. The number of halogens is 2. The van der Waals surface area contributed by atoms with Crippen molar-refractivity contribution in [3.8, 4) is 5.82 Å². The first-order valence-corrected chi connectivity index (χ1v) is 11.2. The van der Waals surface area contributed by atoms with Crippen molar-refractivity contribution in [3.05, 3.63) is 87.8 Å². The number of carbonyl (C=O) groups is 2. The van der Waals surface area contributed by atoms with E-state index in [4.69, 9.17) is 23.2 Å². The van der Waals surface area contributed by atoms with Crippen LogP contribution in [0.1, 0.15) is 26.4 Å². The number of anilines is 2. The Morgan fingerprint density at radius 1 is 1.00 bits per heavy atom. The van der Waals surface area contributed by atoms with Crippen molar-refractivity contribution < 1.29 is 9.59 Å². The third-order valence-electron chi connectivity index (χ3n) is 4.95. The minimum absolute atomic E-state index is 0.163. The quantitative estimate of drug-likeness (QED) is 0.260. The topological polar surface area (TPSA) is 114 Å². The Morgan fingerprint density at radius 2 is 1.80 bits per heavy atom. The van der Waals surface area contributed by atoms with Gasteiger partial charge in [-0.1, -0.05) is 36.1 Å². The molecule has 3 heterocycles. The van der Waals surface area contributed by atoms with Crippen molar-refractivity contribution in [1.82, 2.24) is 25.2 Å². The third kappa shape index (κ3) is 5.45.